The minimum absolute atomic E-state index is 0.0710. The summed E-state index contributed by atoms with van der Waals surface area (Å²) in [6.07, 6.45) is 2.01. The first-order chi connectivity index (χ1) is 9.04. The van der Waals surface area contributed by atoms with E-state index in [1.807, 2.05) is 6.07 Å². The fourth-order valence-electron chi connectivity index (χ4n) is 2.21. The van der Waals surface area contributed by atoms with Crippen LogP contribution in [0.2, 0.25) is 0 Å². The van der Waals surface area contributed by atoms with Gasteiger partial charge >= 0.3 is 0 Å². The third-order valence-corrected chi connectivity index (χ3v) is 3.49. The van der Waals surface area contributed by atoms with E-state index in [-0.39, 0.29) is 18.0 Å². The largest absolute Gasteiger partial charge is 0.341 e. The third kappa shape index (κ3) is 2.50. The van der Waals surface area contributed by atoms with Crippen LogP contribution in [0.3, 0.4) is 0 Å². The van der Waals surface area contributed by atoms with Gasteiger partial charge in [-0.3, -0.25) is 9.59 Å². The van der Waals surface area contributed by atoms with E-state index in [9.17, 15) is 9.59 Å². The molecule has 0 bridgehead atoms. The van der Waals surface area contributed by atoms with E-state index in [4.69, 9.17) is 5.26 Å². The molecular formula is C13H16N4O2. The highest BCUT2D eigenvalue weighted by Gasteiger charge is 2.20. The number of aromatic nitrogens is 2. The van der Waals surface area contributed by atoms with Gasteiger partial charge in [0.05, 0.1) is 5.69 Å². The number of aryl methyl sites for hydroxylation is 1. The van der Waals surface area contributed by atoms with Crippen molar-refractivity contribution < 1.29 is 4.79 Å². The molecular weight excluding hydrogens is 244 g/mol. The topological polar surface area (TPSA) is 79.0 Å². The minimum Gasteiger partial charge on any atom is -0.341 e. The Kier molecular flexibility index (Phi) is 3.65. The molecule has 0 N–H and O–H groups in total. The summed E-state index contributed by atoms with van der Waals surface area (Å²) in [6.45, 7) is 4.81. The van der Waals surface area contributed by atoms with E-state index in [0.29, 0.717) is 11.3 Å². The number of nitriles is 1. The van der Waals surface area contributed by atoms with Gasteiger partial charge in [-0.15, -0.1) is 0 Å². The van der Waals surface area contributed by atoms with E-state index < -0.39 is 5.56 Å². The van der Waals surface area contributed by atoms with E-state index in [1.54, 1.807) is 18.7 Å². The van der Waals surface area contributed by atoms with Crippen LogP contribution >= 0.6 is 0 Å². The minimum atomic E-state index is -0.488. The summed E-state index contributed by atoms with van der Waals surface area (Å²) in [4.78, 5) is 25.8. The SMILES string of the molecule is Cc1nn(CC(=O)N2CCCC2)c(=O)c(C#N)c1C. The smallest absolute Gasteiger partial charge is 0.285 e. The van der Waals surface area contributed by atoms with Gasteiger partial charge in [0.1, 0.15) is 18.2 Å². The van der Waals surface area contributed by atoms with Crippen LogP contribution in [0.4, 0.5) is 0 Å². The van der Waals surface area contributed by atoms with Crippen LogP contribution in [0, 0.1) is 25.2 Å². The van der Waals surface area contributed by atoms with E-state index in [0.717, 1.165) is 30.6 Å². The van der Waals surface area contributed by atoms with Crippen molar-refractivity contribution >= 4 is 5.91 Å². The quantitative estimate of drug-likeness (QED) is 0.768. The van der Waals surface area contributed by atoms with Gasteiger partial charge in [0.2, 0.25) is 5.91 Å². The molecule has 1 amide bonds. The molecule has 0 radical (unpaired) electrons. The van der Waals surface area contributed by atoms with Gasteiger partial charge in [-0.05, 0) is 32.3 Å². The van der Waals surface area contributed by atoms with E-state index in [2.05, 4.69) is 5.10 Å². The van der Waals surface area contributed by atoms with Crippen LogP contribution in [0.5, 0.6) is 0 Å². The second kappa shape index (κ2) is 5.22. The number of carbonyl (C=O) groups excluding carboxylic acids is 1. The molecule has 1 aromatic rings. The summed E-state index contributed by atoms with van der Waals surface area (Å²) in [5, 5.41) is 13.1. The molecule has 0 aliphatic carbocycles. The van der Waals surface area contributed by atoms with Crippen molar-refractivity contribution in [2.75, 3.05) is 13.1 Å². The molecule has 1 aliphatic heterocycles. The van der Waals surface area contributed by atoms with Gasteiger partial charge in [0.25, 0.3) is 5.56 Å². The highest BCUT2D eigenvalue weighted by Crippen LogP contribution is 2.09. The lowest BCUT2D eigenvalue weighted by Crippen LogP contribution is -2.37. The Hall–Kier alpha value is -2.16. The normalized spacial score (nSPS) is 14.5. The summed E-state index contributed by atoms with van der Waals surface area (Å²) in [5.74, 6) is -0.112. The second-order valence-electron chi connectivity index (χ2n) is 4.75. The van der Waals surface area contributed by atoms with Crippen LogP contribution in [-0.2, 0) is 11.3 Å². The van der Waals surface area contributed by atoms with Crippen LogP contribution < -0.4 is 5.56 Å². The van der Waals surface area contributed by atoms with Gasteiger partial charge in [-0.25, -0.2) is 4.68 Å². The molecule has 0 atom stereocenters. The van der Waals surface area contributed by atoms with Crippen molar-refractivity contribution in [3.8, 4) is 6.07 Å². The summed E-state index contributed by atoms with van der Waals surface area (Å²) in [7, 11) is 0. The van der Waals surface area contributed by atoms with Crippen LogP contribution in [0.15, 0.2) is 4.79 Å². The number of likely N-dealkylation sites (tertiary alicyclic amines) is 1. The van der Waals surface area contributed by atoms with Crippen molar-refractivity contribution in [1.29, 1.82) is 5.26 Å². The highest BCUT2D eigenvalue weighted by molar-refractivity contribution is 5.76. The monoisotopic (exact) mass is 260 g/mol. The van der Waals surface area contributed by atoms with Crippen molar-refractivity contribution in [3.05, 3.63) is 27.2 Å². The fourth-order valence-corrected chi connectivity index (χ4v) is 2.21. The summed E-state index contributed by atoms with van der Waals surface area (Å²) in [6, 6.07) is 1.89. The van der Waals surface area contributed by atoms with Crippen molar-refractivity contribution in [2.24, 2.45) is 0 Å². The second-order valence-corrected chi connectivity index (χ2v) is 4.75. The van der Waals surface area contributed by atoms with Crippen LogP contribution in [-0.4, -0.2) is 33.7 Å². The molecule has 0 spiro atoms. The van der Waals surface area contributed by atoms with Crippen LogP contribution in [0.1, 0.15) is 29.7 Å². The van der Waals surface area contributed by atoms with Crippen molar-refractivity contribution in [1.82, 2.24) is 14.7 Å². The molecule has 1 saturated heterocycles. The number of hydrogen-bond donors (Lipinski definition) is 0. The Morgan fingerprint density at radius 1 is 1.37 bits per heavy atom. The van der Waals surface area contributed by atoms with Crippen LogP contribution in [0.25, 0.3) is 0 Å². The van der Waals surface area contributed by atoms with Gasteiger partial charge < -0.3 is 4.90 Å². The Balaban J connectivity index is 2.31. The molecule has 1 aromatic heterocycles. The van der Waals surface area contributed by atoms with Crippen molar-refractivity contribution in [2.45, 2.75) is 33.2 Å². The number of amides is 1. The standard InChI is InChI=1S/C13H16N4O2/c1-9-10(2)15-17(13(19)11(9)7-14)8-12(18)16-5-3-4-6-16/h3-6,8H2,1-2H3. The molecule has 2 heterocycles. The third-order valence-electron chi connectivity index (χ3n) is 3.49. The Morgan fingerprint density at radius 2 is 2.00 bits per heavy atom. The Bertz CT molecular complexity index is 606. The molecule has 2 rings (SSSR count). The fraction of sp³-hybridized carbons (Fsp3) is 0.538. The molecule has 0 saturated carbocycles. The predicted octanol–water partition coefficient (Wildman–Crippen LogP) is 0.354. The van der Waals surface area contributed by atoms with E-state index in [1.165, 1.54) is 0 Å². The first kappa shape index (κ1) is 13.3. The predicted molar refractivity (Wildman–Crippen MR) is 68.5 cm³/mol. The molecule has 1 fully saturated rings. The Labute approximate surface area is 111 Å². The first-order valence-corrected chi connectivity index (χ1v) is 6.30. The summed E-state index contributed by atoms with van der Waals surface area (Å²) >= 11 is 0. The molecule has 0 unspecified atom stereocenters. The highest BCUT2D eigenvalue weighted by atomic mass is 16.2. The lowest BCUT2D eigenvalue weighted by Gasteiger charge is -2.16. The zero-order valence-electron chi connectivity index (χ0n) is 11.1. The van der Waals surface area contributed by atoms with Crippen molar-refractivity contribution in [3.63, 3.8) is 0 Å². The number of carbonyl (C=O) groups is 1. The molecule has 19 heavy (non-hydrogen) atoms. The molecule has 100 valence electrons. The zero-order chi connectivity index (χ0) is 14.0. The van der Waals surface area contributed by atoms with Gasteiger partial charge in [-0.1, -0.05) is 0 Å². The summed E-state index contributed by atoms with van der Waals surface area (Å²) < 4.78 is 1.10. The molecule has 6 nitrogen and oxygen atoms in total. The van der Waals surface area contributed by atoms with Gasteiger partial charge in [0, 0.05) is 13.1 Å². The average molecular weight is 260 g/mol. The molecule has 6 heteroatoms. The number of rotatable bonds is 2. The van der Waals surface area contributed by atoms with Gasteiger partial charge in [-0.2, -0.15) is 10.4 Å². The Morgan fingerprint density at radius 3 is 2.58 bits per heavy atom. The number of hydrogen-bond acceptors (Lipinski definition) is 4. The maximum absolute atomic E-state index is 12.0. The maximum atomic E-state index is 12.0. The zero-order valence-corrected chi connectivity index (χ0v) is 11.1. The lowest BCUT2D eigenvalue weighted by molar-refractivity contribution is -0.131. The lowest BCUT2D eigenvalue weighted by atomic mass is 10.1. The van der Waals surface area contributed by atoms with E-state index >= 15 is 0 Å². The first-order valence-electron chi connectivity index (χ1n) is 6.30. The summed E-state index contributed by atoms with van der Waals surface area (Å²) in [5.41, 5.74) is 0.766. The maximum Gasteiger partial charge on any atom is 0.285 e. The molecule has 1 aliphatic rings. The van der Waals surface area contributed by atoms with Gasteiger partial charge in [0.15, 0.2) is 0 Å². The number of nitrogens with zero attached hydrogens (tertiary/aromatic N) is 4. The molecule has 0 aromatic carbocycles. The average Bonchev–Trinajstić information content (AvgIpc) is 2.90.